The molecular weight excluding hydrogens is 204 g/mol. The number of aromatic nitrogens is 1. The number of primary amides is 1. The standard InChI is InChI=1S/C8H10N2O3S/c1-2-14(12,13)7-4-3-6(5-10-7)8(9)11/h3-5H,2H2,1H3,(H2,9,11). The molecule has 2 N–H and O–H groups in total. The van der Waals surface area contributed by atoms with Gasteiger partial charge < -0.3 is 5.73 Å². The van der Waals surface area contributed by atoms with Crippen LogP contribution < -0.4 is 5.73 Å². The van der Waals surface area contributed by atoms with Gasteiger partial charge in [0.05, 0.1) is 11.3 Å². The third-order valence-corrected chi connectivity index (χ3v) is 3.36. The Morgan fingerprint density at radius 3 is 2.50 bits per heavy atom. The summed E-state index contributed by atoms with van der Waals surface area (Å²) >= 11 is 0. The third kappa shape index (κ3) is 2.08. The predicted octanol–water partition coefficient (Wildman–Crippen LogP) is -0.0259. The number of carbonyl (C=O) groups excluding carboxylic acids is 1. The highest BCUT2D eigenvalue weighted by Crippen LogP contribution is 2.07. The second-order valence-corrected chi connectivity index (χ2v) is 4.88. The number of nitrogens with zero attached hydrogens (tertiary/aromatic N) is 1. The van der Waals surface area contributed by atoms with Gasteiger partial charge in [0.1, 0.15) is 0 Å². The highest BCUT2D eigenvalue weighted by Gasteiger charge is 2.13. The van der Waals surface area contributed by atoms with Crippen LogP contribution in [0.15, 0.2) is 23.4 Å². The van der Waals surface area contributed by atoms with Crippen molar-refractivity contribution in [1.29, 1.82) is 0 Å². The molecule has 0 radical (unpaired) electrons. The second kappa shape index (κ2) is 3.75. The van der Waals surface area contributed by atoms with E-state index in [4.69, 9.17) is 5.73 Å². The van der Waals surface area contributed by atoms with Gasteiger partial charge in [0.15, 0.2) is 14.9 Å². The highest BCUT2D eigenvalue weighted by atomic mass is 32.2. The molecule has 14 heavy (non-hydrogen) atoms. The van der Waals surface area contributed by atoms with Crippen LogP contribution in [0.3, 0.4) is 0 Å². The number of amides is 1. The largest absolute Gasteiger partial charge is 0.366 e. The Morgan fingerprint density at radius 1 is 1.50 bits per heavy atom. The van der Waals surface area contributed by atoms with Gasteiger partial charge in [0.2, 0.25) is 5.91 Å². The van der Waals surface area contributed by atoms with Crippen LogP contribution in [0.25, 0.3) is 0 Å². The number of hydrogen-bond acceptors (Lipinski definition) is 4. The molecule has 0 aromatic carbocycles. The molecule has 1 rings (SSSR count). The van der Waals surface area contributed by atoms with Crippen LogP contribution in [0.5, 0.6) is 0 Å². The molecule has 0 aliphatic rings. The van der Waals surface area contributed by atoms with E-state index in [1.807, 2.05) is 0 Å². The molecule has 5 nitrogen and oxygen atoms in total. The lowest BCUT2D eigenvalue weighted by atomic mass is 10.3. The molecule has 0 aliphatic heterocycles. The Kier molecular flexibility index (Phi) is 2.85. The van der Waals surface area contributed by atoms with E-state index in [9.17, 15) is 13.2 Å². The monoisotopic (exact) mass is 214 g/mol. The van der Waals surface area contributed by atoms with E-state index in [-0.39, 0.29) is 16.3 Å². The first-order valence-corrected chi connectivity index (χ1v) is 5.61. The number of rotatable bonds is 3. The number of nitrogens with two attached hydrogens (primary N) is 1. The minimum Gasteiger partial charge on any atom is -0.366 e. The first kappa shape index (κ1) is 10.6. The summed E-state index contributed by atoms with van der Waals surface area (Å²) in [6.07, 6.45) is 1.16. The van der Waals surface area contributed by atoms with Crippen LogP contribution in [-0.2, 0) is 9.84 Å². The van der Waals surface area contributed by atoms with Gasteiger partial charge in [-0.1, -0.05) is 6.92 Å². The van der Waals surface area contributed by atoms with E-state index < -0.39 is 15.7 Å². The fourth-order valence-corrected chi connectivity index (χ4v) is 1.64. The fraction of sp³-hybridized carbons (Fsp3) is 0.250. The van der Waals surface area contributed by atoms with Gasteiger partial charge in [0, 0.05) is 6.20 Å². The van der Waals surface area contributed by atoms with E-state index in [1.54, 1.807) is 0 Å². The molecule has 0 saturated carbocycles. The lowest BCUT2D eigenvalue weighted by Gasteiger charge is -2.00. The van der Waals surface area contributed by atoms with Gasteiger partial charge in [-0.15, -0.1) is 0 Å². The Labute approximate surface area is 81.9 Å². The average Bonchev–Trinajstić information content (AvgIpc) is 2.18. The van der Waals surface area contributed by atoms with Crippen molar-refractivity contribution in [3.8, 4) is 0 Å². The molecule has 0 atom stereocenters. The Hall–Kier alpha value is -1.43. The zero-order valence-electron chi connectivity index (χ0n) is 7.60. The molecule has 1 amide bonds. The minimum atomic E-state index is -3.30. The molecule has 6 heteroatoms. The van der Waals surface area contributed by atoms with Gasteiger partial charge in [-0.3, -0.25) is 4.79 Å². The van der Waals surface area contributed by atoms with Crippen molar-refractivity contribution in [1.82, 2.24) is 4.98 Å². The van der Waals surface area contributed by atoms with Crippen LogP contribution in [0, 0.1) is 0 Å². The van der Waals surface area contributed by atoms with Crippen LogP contribution >= 0.6 is 0 Å². The Bertz CT molecular complexity index is 436. The summed E-state index contributed by atoms with van der Waals surface area (Å²) in [7, 11) is -3.30. The second-order valence-electron chi connectivity index (χ2n) is 2.65. The molecule has 1 heterocycles. The zero-order valence-corrected chi connectivity index (χ0v) is 8.41. The maximum Gasteiger partial charge on any atom is 0.250 e. The predicted molar refractivity (Wildman–Crippen MR) is 50.5 cm³/mol. The first-order chi connectivity index (χ1) is 6.47. The van der Waals surface area contributed by atoms with Crippen molar-refractivity contribution in [3.05, 3.63) is 23.9 Å². The van der Waals surface area contributed by atoms with Crippen molar-refractivity contribution in [2.45, 2.75) is 11.9 Å². The Balaban J connectivity index is 3.12. The fourth-order valence-electron chi connectivity index (χ4n) is 0.858. The summed E-state index contributed by atoms with van der Waals surface area (Å²) < 4.78 is 22.6. The number of pyridine rings is 1. The lowest BCUT2D eigenvalue weighted by Crippen LogP contribution is -2.12. The minimum absolute atomic E-state index is 0.0179. The molecule has 0 fully saturated rings. The van der Waals surface area contributed by atoms with Crippen LogP contribution in [0.1, 0.15) is 17.3 Å². The summed E-state index contributed by atoms with van der Waals surface area (Å²) in [5.41, 5.74) is 5.17. The van der Waals surface area contributed by atoms with Gasteiger partial charge in [-0.2, -0.15) is 0 Å². The van der Waals surface area contributed by atoms with Gasteiger partial charge in [-0.05, 0) is 12.1 Å². The first-order valence-electron chi connectivity index (χ1n) is 3.96. The Morgan fingerprint density at radius 2 is 2.14 bits per heavy atom. The van der Waals surface area contributed by atoms with E-state index >= 15 is 0 Å². The van der Waals surface area contributed by atoms with Crippen LogP contribution in [0.4, 0.5) is 0 Å². The molecule has 0 saturated heterocycles. The molecule has 0 bridgehead atoms. The number of carbonyl (C=O) groups is 1. The van der Waals surface area contributed by atoms with E-state index in [1.165, 1.54) is 19.1 Å². The molecule has 0 aliphatic carbocycles. The zero-order chi connectivity index (χ0) is 10.8. The van der Waals surface area contributed by atoms with Crippen molar-refractivity contribution in [2.75, 3.05) is 5.75 Å². The van der Waals surface area contributed by atoms with E-state index in [0.29, 0.717) is 0 Å². The van der Waals surface area contributed by atoms with E-state index in [2.05, 4.69) is 4.98 Å². The van der Waals surface area contributed by atoms with Crippen molar-refractivity contribution in [3.63, 3.8) is 0 Å². The summed E-state index contributed by atoms with van der Waals surface area (Å²) in [6, 6.07) is 2.62. The van der Waals surface area contributed by atoms with Gasteiger partial charge in [0.25, 0.3) is 0 Å². The van der Waals surface area contributed by atoms with E-state index in [0.717, 1.165) is 6.20 Å². The van der Waals surface area contributed by atoms with Crippen molar-refractivity contribution < 1.29 is 13.2 Å². The van der Waals surface area contributed by atoms with Crippen LogP contribution in [0.2, 0.25) is 0 Å². The average molecular weight is 214 g/mol. The topological polar surface area (TPSA) is 90.1 Å². The smallest absolute Gasteiger partial charge is 0.250 e. The summed E-state index contributed by atoms with van der Waals surface area (Å²) in [6.45, 7) is 1.53. The molecule has 1 aromatic rings. The van der Waals surface area contributed by atoms with Crippen LogP contribution in [-0.4, -0.2) is 25.1 Å². The van der Waals surface area contributed by atoms with Crippen molar-refractivity contribution >= 4 is 15.7 Å². The summed E-state index contributed by atoms with van der Waals surface area (Å²) in [5.74, 6) is -0.645. The maximum absolute atomic E-state index is 11.3. The van der Waals surface area contributed by atoms with Crippen molar-refractivity contribution in [2.24, 2.45) is 5.73 Å². The molecule has 0 spiro atoms. The molecule has 76 valence electrons. The van der Waals surface area contributed by atoms with Gasteiger partial charge >= 0.3 is 0 Å². The molecular formula is C8H10N2O3S. The normalized spacial score (nSPS) is 11.2. The summed E-state index contributed by atoms with van der Waals surface area (Å²) in [5, 5.41) is -0.0370. The third-order valence-electron chi connectivity index (χ3n) is 1.72. The maximum atomic E-state index is 11.3. The summed E-state index contributed by atoms with van der Waals surface area (Å²) in [4.78, 5) is 14.3. The van der Waals surface area contributed by atoms with Gasteiger partial charge in [-0.25, -0.2) is 13.4 Å². The molecule has 1 aromatic heterocycles. The number of sulfone groups is 1. The quantitative estimate of drug-likeness (QED) is 0.765. The number of hydrogen-bond donors (Lipinski definition) is 1. The highest BCUT2D eigenvalue weighted by molar-refractivity contribution is 7.91. The SMILES string of the molecule is CCS(=O)(=O)c1ccc(C(N)=O)cn1. The lowest BCUT2D eigenvalue weighted by molar-refractivity contribution is 0.1000. The molecule has 0 unspecified atom stereocenters.